The first-order valence-corrected chi connectivity index (χ1v) is 13.0. The van der Waals surface area contributed by atoms with Gasteiger partial charge in [-0.25, -0.2) is 4.98 Å². The van der Waals surface area contributed by atoms with Crippen molar-refractivity contribution in [3.63, 3.8) is 0 Å². The van der Waals surface area contributed by atoms with Crippen LogP contribution in [0.3, 0.4) is 0 Å². The number of H-pyrrole nitrogens is 1. The van der Waals surface area contributed by atoms with Crippen LogP contribution in [0, 0.1) is 5.92 Å². The third-order valence-electron chi connectivity index (χ3n) is 7.86. The molecule has 4 heterocycles. The van der Waals surface area contributed by atoms with E-state index in [1.54, 1.807) is 6.33 Å². The molecule has 1 saturated carbocycles. The summed E-state index contributed by atoms with van der Waals surface area (Å²) in [6.07, 6.45) is 1.31. The van der Waals surface area contributed by atoms with E-state index in [-0.39, 0.29) is 12.0 Å². The number of nitrogens with zero attached hydrogens (tertiary/aromatic N) is 5. The molecule has 11 heteroatoms. The Morgan fingerprint density at radius 3 is 2.68 bits per heavy atom. The first-order valence-electron chi connectivity index (χ1n) is 13.0. The quantitative estimate of drug-likeness (QED) is 0.347. The van der Waals surface area contributed by atoms with E-state index in [1.807, 2.05) is 36.7 Å². The number of aromatic nitrogens is 6. The Labute approximate surface area is 218 Å². The van der Waals surface area contributed by atoms with Gasteiger partial charge in [-0.15, -0.1) is 10.2 Å². The molecule has 0 bridgehead atoms. The molecule has 3 aromatic heterocycles. The summed E-state index contributed by atoms with van der Waals surface area (Å²) >= 11 is 0. The molecule has 6 rings (SSSR count). The summed E-state index contributed by atoms with van der Waals surface area (Å²) in [5.41, 5.74) is 2.14. The van der Waals surface area contributed by atoms with Crippen molar-refractivity contribution in [2.24, 2.45) is 13.0 Å². The number of aryl methyl sites for hydroxylation is 1. The van der Waals surface area contributed by atoms with Gasteiger partial charge in [0.15, 0.2) is 0 Å². The van der Waals surface area contributed by atoms with Crippen molar-refractivity contribution in [1.82, 2.24) is 35.3 Å². The molecule has 1 aromatic carbocycles. The number of fused-ring (bicyclic) bond motifs is 1. The fourth-order valence-corrected chi connectivity index (χ4v) is 5.68. The molecule has 1 saturated heterocycles. The molecule has 200 valence electrons. The smallest absolute Gasteiger partial charge is 0.380 e. The second-order valence-electron chi connectivity index (χ2n) is 10.4. The summed E-state index contributed by atoms with van der Waals surface area (Å²) in [4.78, 5) is 4.03. The van der Waals surface area contributed by atoms with Crippen molar-refractivity contribution in [3.8, 4) is 11.3 Å². The summed E-state index contributed by atoms with van der Waals surface area (Å²) in [5.74, 6) is 1.39. The van der Waals surface area contributed by atoms with Gasteiger partial charge in [0, 0.05) is 42.6 Å². The highest BCUT2D eigenvalue weighted by Crippen LogP contribution is 2.44. The van der Waals surface area contributed by atoms with Gasteiger partial charge in [0.2, 0.25) is 0 Å². The maximum atomic E-state index is 14.0. The molecular formula is C27H30F3N7O. The molecule has 1 aliphatic carbocycles. The predicted octanol–water partition coefficient (Wildman–Crippen LogP) is 5.14. The second kappa shape index (κ2) is 9.77. The van der Waals surface area contributed by atoms with Crippen molar-refractivity contribution >= 4 is 10.9 Å². The standard InChI is InChI=1S/C27H30F3N7O/c1-15(32-19-9-10-38-13-19)23-25-20(12-21(33-23)27(28,29)30)24(34-35-25)18-8-4-7-17(11-18)22(16-5-3-6-16)26-36-31-14-37(26)2/h4,7-8,11-12,14-16,19,22,32H,3,5-6,9-10,13H2,1-2H3,(H,34,35)/t15-,19+,22-/m1/s1. The number of benzene rings is 1. The Kier molecular flexibility index (Phi) is 6.43. The number of hydrogen-bond acceptors (Lipinski definition) is 6. The minimum absolute atomic E-state index is 0.0576. The summed E-state index contributed by atoms with van der Waals surface area (Å²) < 4.78 is 49.2. The van der Waals surface area contributed by atoms with Crippen LogP contribution in [-0.2, 0) is 18.0 Å². The van der Waals surface area contributed by atoms with Crippen LogP contribution in [-0.4, -0.2) is 49.2 Å². The normalized spacial score (nSPS) is 20.1. The molecule has 2 aliphatic rings. The molecule has 0 unspecified atom stereocenters. The van der Waals surface area contributed by atoms with Crippen LogP contribution in [0.1, 0.15) is 67.3 Å². The lowest BCUT2D eigenvalue weighted by Crippen LogP contribution is -2.32. The van der Waals surface area contributed by atoms with Crippen molar-refractivity contribution in [2.75, 3.05) is 13.2 Å². The third kappa shape index (κ3) is 4.58. The van der Waals surface area contributed by atoms with Gasteiger partial charge in [0.25, 0.3) is 0 Å². The lowest BCUT2D eigenvalue weighted by atomic mass is 9.72. The number of nitrogens with one attached hydrogen (secondary N) is 2. The highest BCUT2D eigenvalue weighted by Gasteiger charge is 2.36. The van der Waals surface area contributed by atoms with Crippen LogP contribution in [0.15, 0.2) is 36.7 Å². The van der Waals surface area contributed by atoms with Gasteiger partial charge in [0.05, 0.1) is 17.8 Å². The van der Waals surface area contributed by atoms with Crippen LogP contribution in [0.25, 0.3) is 22.2 Å². The van der Waals surface area contributed by atoms with E-state index in [0.717, 1.165) is 42.3 Å². The minimum Gasteiger partial charge on any atom is -0.380 e. The van der Waals surface area contributed by atoms with Gasteiger partial charge in [-0.1, -0.05) is 24.6 Å². The van der Waals surface area contributed by atoms with Gasteiger partial charge in [-0.05, 0) is 49.8 Å². The zero-order valence-electron chi connectivity index (χ0n) is 21.3. The molecule has 3 atom stereocenters. The van der Waals surface area contributed by atoms with E-state index in [1.165, 1.54) is 6.42 Å². The summed E-state index contributed by atoms with van der Waals surface area (Å²) in [7, 11) is 1.94. The SMILES string of the molecule is C[C@@H](N[C@H]1CCOC1)c1nc(C(F)(F)F)cc2c(-c3cccc([C@H](c4nncn4C)C4CCC4)c3)n[nH]c12. The van der Waals surface area contributed by atoms with Gasteiger partial charge in [-0.3, -0.25) is 5.10 Å². The monoisotopic (exact) mass is 525 g/mol. The highest BCUT2D eigenvalue weighted by molar-refractivity contribution is 5.94. The number of hydrogen-bond donors (Lipinski definition) is 2. The number of aromatic amines is 1. The fourth-order valence-electron chi connectivity index (χ4n) is 5.68. The van der Waals surface area contributed by atoms with Crippen LogP contribution in [0.2, 0.25) is 0 Å². The van der Waals surface area contributed by atoms with E-state index in [0.29, 0.717) is 41.4 Å². The van der Waals surface area contributed by atoms with Gasteiger partial charge in [-0.2, -0.15) is 18.3 Å². The van der Waals surface area contributed by atoms with Gasteiger partial charge in [0.1, 0.15) is 23.5 Å². The first kappa shape index (κ1) is 25.0. The second-order valence-corrected chi connectivity index (χ2v) is 10.4. The van der Waals surface area contributed by atoms with E-state index in [9.17, 15) is 13.2 Å². The van der Waals surface area contributed by atoms with Crippen molar-refractivity contribution < 1.29 is 17.9 Å². The Balaban J connectivity index is 1.43. The lowest BCUT2D eigenvalue weighted by molar-refractivity contribution is -0.141. The Morgan fingerprint density at radius 2 is 2.03 bits per heavy atom. The van der Waals surface area contributed by atoms with Crippen molar-refractivity contribution in [2.45, 2.75) is 56.8 Å². The maximum absolute atomic E-state index is 14.0. The largest absolute Gasteiger partial charge is 0.433 e. The van der Waals surface area contributed by atoms with Crippen LogP contribution >= 0.6 is 0 Å². The topological polar surface area (TPSA) is 93.5 Å². The zero-order valence-corrected chi connectivity index (χ0v) is 21.3. The summed E-state index contributed by atoms with van der Waals surface area (Å²) in [6.45, 7) is 2.99. The maximum Gasteiger partial charge on any atom is 0.433 e. The van der Waals surface area contributed by atoms with Crippen LogP contribution < -0.4 is 5.32 Å². The van der Waals surface area contributed by atoms with E-state index >= 15 is 0 Å². The summed E-state index contributed by atoms with van der Waals surface area (Å²) in [6, 6.07) is 8.65. The number of ether oxygens (including phenoxy) is 1. The van der Waals surface area contributed by atoms with Gasteiger partial charge >= 0.3 is 6.18 Å². The molecule has 2 N–H and O–H groups in total. The molecule has 4 aromatic rings. The highest BCUT2D eigenvalue weighted by atomic mass is 19.4. The third-order valence-corrected chi connectivity index (χ3v) is 7.86. The molecule has 1 aliphatic heterocycles. The van der Waals surface area contributed by atoms with Gasteiger partial charge < -0.3 is 14.6 Å². The van der Waals surface area contributed by atoms with E-state index in [4.69, 9.17) is 4.74 Å². The Morgan fingerprint density at radius 1 is 1.18 bits per heavy atom. The minimum atomic E-state index is -4.59. The first-order chi connectivity index (χ1) is 18.3. The van der Waals surface area contributed by atoms with Crippen molar-refractivity contribution in [3.05, 3.63) is 59.4 Å². The molecular weight excluding hydrogens is 495 g/mol. The zero-order chi connectivity index (χ0) is 26.4. The molecule has 2 fully saturated rings. The Bertz CT molecular complexity index is 1440. The Hall–Kier alpha value is -3.31. The molecule has 8 nitrogen and oxygen atoms in total. The number of pyridine rings is 1. The van der Waals surface area contributed by atoms with Crippen molar-refractivity contribution in [1.29, 1.82) is 0 Å². The average molecular weight is 526 g/mol. The molecule has 0 amide bonds. The number of halogens is 3. The predicted molar refractivity (Wildman–Crippen MR) is 135 cm³/mol. The molecule has 38 heavy (non-hydrogen) atoms. The van der Waals surface area contributed by atoms with E-state index < -0.39 is 17.9 Å². The van der Waals surface area contributed by atoms with Crippen LogP contribution in [0.5, 0.6) is 0 Å². The number of rotatable bonds is 7. The molecule has 0 spiro atoms. The molecule has 0 radical (unpaired) electrons. The fraction of sp³-hybridized carbons (Fsp3) is 0.481. The lowest BCUT2D eigenvalue weighted by Gasteiger charge is -2.33. The summed E-state index contributed by atoms with van der Waals surface area (Å²) in [5, 5.41) is 19.7. The van der Waals surface area contributed by atoms with E-state index in [2.05, 4.69) is 36.8 Å². The average Bonchev–Trinajstić information content (AvgIpc) is 3.61. The number of alkyl halides is 3. The van der Waals surface area contributed by atoms with Crippen LogP contribution in [0.4, 0.5) is 13.2 Å².